The summed E-state index contributed by atoms with van der Waals surface area (Å²) in [6, 6.07) is 6.62. The average molecular weight is 382 g/mol. The summed E-state index contributed by atoms with van der Waals surface area (Å²) in [7, 11) is 3.15. The molecule has 1 aliphatic rings. The Bertz CT molecular complexity index is 982. The number of hydrogen-bond acceptors (Lipinski definition) is 7. The van der Waals surface area contributed by atoms with Gasteiger partial charge in [-0.15, -0.1) is 0 Å². The number of nitrogens with zero attached hydrogens (tertiary/aromatic N) is 6. The van der Waals surface area contributed by atoms with Crippen molar-refractivity contribution in [2.45, 2.75) is 26.8 Å². The summed E-state index contributed by atoms with van der Waals surface area (Å²) in [6.07, 6.45) is 2.74. The number of ether oxygens (including phenoxy) is 2. The van der Waals surface area contributed by atoms with Gasteiger partial charge in [-0.05, 0) is 32.4 Å². The number of fused-ring (bicyclic) bond motifs is 3. The van der Waals surface area contributed by atoms with Crippen molar-refractivity contribution in [3.05, 3.63) is 24.4 Å². The molecule has 28 heavy (non-hydrogen) atoms. The zero-order valence-corrected chi connectivity index (χ0v) is 16.8. The monoisotopic (exact) mass is 382 g/mol. The number of aryl methyl sites for hydroxylation is 1. The van der Waals surface area contributed by atoms with E-state index in [1.165, 1.54) is 11.2 Å². The van der Waals surface area contributed by atoms with Gasteiger partial charge in [0.2, 0.25) is 11.8 Å². The van der Waals surface area contributed by atoms with Crippen LogP contribution in [0, 0.1) is 0 Å². The molecule has 0 radical (unpaired) electrons. The van der Waals surface area contributed by atoms with Crippen LogP contribution in [0.2, 0.25) is 0 Å². The average Bonchev–Trinajstić information content (AvgIpc) is 3.13. The summed E-state index contributed by atoms with van der Waals surface area (Å²) in [5.74, 6) is 1.38. The lowest BCUT2D eigenvalue weighted by Crippen LogP contribution is -2.29. The molecule has 0 aliphatic carbocycles. The zero-order chi connectivity index (χ0) is 19.7. The van der Waals surface area contributed by atoms with Crippen molar-refractivity contribution in [1.29, 1.82) is 0 Å². The third-order valence-corrected chi connectivity index (χ3v) is 5.21. The van der Waals surface area contributed by atoms with Crippen LogP contribution in [0.5, 0.6) is 11.9 Å². The molecule has 148 valence electrons. The molecule has 1 aliphatic heterocycles. The largest absolute Gasteiger partial charge is 0.479 e. The third-order valence-electron chi connectivity index (χ3n) is 5.21. The van der Waals surface area contributed by atoms with Gasteiger partial charge in [0.25, 0.3) is 0 Å². The number of benzene rings is 1. The van der Waals surface area contributed by atoms with Gasteiger partial charge in [-0.3, -0.25) is 0 Å². The van der Waals surface area contributed by atoms with E-state index in [0.717, 1.165) is 49.8 Å². The van der Waals surface area contributed by atoms with Crippen molar-refractivity contribution in [1.82, 2.24) is 19.5 Å². The molecule has 3 heterocycles. The van der Waals surface area contributed by atoms with Crippen LogP contribution in [0.15, 0.2) is 24.4 Å². The Balaban J connectivity index is 1.87. The standard InChI is InChI=1S/C20H26N6O2/c1-5-24(6-2)15-10-7-9-14-17(15)26-12-8-11-25(20(26)22-14)16-13-21-19(28-4)23-18(16)27-3/h7,9-10,13H,5-6,8,11-12H2,1-4H3. The Morgan fingerprint density at radius 1 is 1.07 bits per heavy atom. The lowest BCUT2D eigenvalue weighted by atomic mass is 10.2. The molecular formula is C20H26N6O2. The minimum Gasteiger partial charge on any atom is -0.479 e. The molecule has 8 nitrogen and oxygen atoms in total. The molecule has 0 N–H and O–H groups in total. The van der Waals surface area contributed by atoms with E-state index >= 15 is 0 Å². The molecule has 0 amide bonds. The minimum absolute atomic E-state index is 0.287. The highest BCUT2D eigenvalue weighted by atomic mass is 16.5. The summed E-state index contributed by atoms with van der Waals surface area (Å²) in [6.45, 7) is 8.04. The Hall–Kier alpha value is -3.03. The van der Waals surface area contributed by atoms with E-state index in [2.05, 4.69) is 56.4 Å². The van der Waals surface area contributed by atoms with Crippen molar-refractivity contribution < 1.29 is 9.47 Å². The van der Waals surface area contributed by atoms with Gasteiger partial charge in [0.1, 0.15) is 5.69 Å². The van der Waals surface area contributed by atoms with Crippen LogP contribution >= 0.6 is 0 Å². The van der Waals surface area contributed by atoms with Gasteiger partial charge in [-0.25, -0.2) is 9.97 Å². The second-order valence-corrected chi connectivity index (χ2v) is 6.64. The predicted octanol–water partition coefficient (Wildman–Crippen LogP) is 3.23. The Labute approximate surface area is 164 Å². The number of methoxy groups -OCH3 is 2. The van der Waals surface area contributed by atoms with Crippen LogP contribution < -0.4 is 19.3 Å². The summed E-state index contributed by atoms with van der Waals surface area (Å²) < 4.78 is 12.9. The van der Waals surface area contributed by atoms with Crippen LogP contribution in [-0.4, -0.2) is 53.4 Å². The molecule has 0 bridgehead atoms. The minimum atomic E-state index is 0.287. The lowest BCUT2D eigenvalue weighted by molar-refractivity contribution is 0.352. The number of aromatic nitrogens is 4. The molecule has 0 spiro atoms. The molecular weight excluding hydrogens is 356 g/mol. The van der Waals surface area contributed by atoms with E-state index in [4.69, 9.17) is 14.5 Å². The second-order valence-electron chi connectivity index (χ2n) is 6.64. The van der Waals surface area contributed by atoms with Gasteiger partial charge in [0.05, 0.1) is 37.1 Å². The summed E-state index contributed by atoms with van der Waals surface area (Å²) in [4.78, 5) is 18.1. The lowest BCUT2D eigenvalue weighted by Gasteiger charge is -2.30. The van der Waals surface area contributed by atoms with E-state index in [1.807, 2.05) is 0 Å². The maximum Gasteiger partial charge on any atom is 0.319 e. The van der Waals surface area contributed by atoms with Crippen LogP contribution in [0.4, 0.5) is 17.3 Å². The van der Waals surface area contributed by atoms with Crippen molar-refractivity contribution in [3.8, 4) is 11.9 Å². The fraction of sp³-hybridized carbons (Fsp3) is 0.450. The van der Waals surface area contributed by atoms with Crippen molar-refractivity contribution >= 4 is 28.4 Å². The maximum absolute atomic E-state index is 5.51. The van der Waals surface area contributed by atoms with Crippen molar-refractivity contribution in [3.63, 3.8) is 0 Å². The van der Waals surface area contributed by atoms with Gasteiger partial charge in [0, 0.05) is 26.2 Å². The van der Waals surface area contributed by atoms with Crippen molar-refractivity contribution in [2.24, 2.45) is 0 Å². The first-order valence-electron chi connectivity index (χ1n) is 9.68. The molecule has 3 aromatic rings. The summed E-state index contributed by atoms with van der Waals surface area (Å²) in [5, 5.41) is 0. The number of para-hydroxylation sites is 1. The quantitative estimate of drug-likeness (QED) is 0.648. The van der Waals surface area contributed by atoms with E-state index in [9.17, 15) is 0 Å². The number of hydrogen-bond donors (Lipinski definition) is 0. The number of anilines is 3. The SMILES string of the molecule is CCN(CC)c1cccc2nc3n(c12)CCCN3c1cnc(OC)nc1OC. The summed E-state index contributed by atoms with van der Waals surface area (Å²) in [5.41, 5.74) is 4.20. The van der Waals surface area contributed by atoms with Crippen LogP contribution in [0.25, 0.3) is 11.0 Å². The fourth-order valence-electron chi connectivity index (χ4n) is 3.89. The predicted molar refractivity (Wildman–Crippen MR) is 110 cm³/mol. The zero-order valence-electron chi connectivity index (χ0n) is 16.8. The highest BCUT2D eigenvalue weighted by Crippen LogP contribution is 2.39. The van der Waals surface area contributed by atoms with Gasteiger partial charge < -0.3 is 23.8 Å². The van der Waals surface area contributed by atoms with Gasteiger partial charge >= 0.3 is 6.01 Å². The molecule has 0 saturated heterocycles. The first kappa shape index (κ1) is 18.3. The normalized spacial score (nSPS) is 13.5. The molecule has 4 rings (SSSR count). The molecule has 1 aromatic carbocycles. The van der Waals surface area contributed by atoms with Gasteiger partial charge in [0.15, 0.2) is 0 Å². The third kappa shape index (κ3) is 2.89. The Morgan fingerprint density at radius 3 is 2.61 bits per heavy atom. The van der Waals surface area contributed by atoms with Crippen LogP contribution in [0.1, 0.15) is 20.3 Å². The second kappa shape index (κ2) is 7.53. The maximum atomic E-state index is 5.51. The molecule has 2 aromatic heterocycles. The first-order valence-corrected chi connectivity index (χ1v) is 9.68. The highest BCUT2D eigenvalue weighted by molar-refractivity contribution is 5.92. The smallest absolute Gasteiger partial charge is 0.319 e. The molecule has 0 unspecified atom stereocenters. The highest BCUT2D eigenvalue weighted by Gasteiger charge is 2.27. The van der Waals surface area contributed by atoms with Gasteiger partial charge in [-0.1, -0.05) is 6.07 Å². The van der Waals surface area contributed by atoms with Crippen LogP contribution in [0.3, 0.4) is 0 Å². The topological polar surface area (TPSA) is 68.5 Å². The molecule has 0 fully saturated rings. The molecule has 0 saturated carbocycles. The van der Waals surface area contributed by atoms with E-state index in [0.29, 0.717) is 5.88 Å². The van der Waals surface area contributed by atoms with E-state index in [1.54, 1.807) is 20.4 Å². The van der Waals surface area contributed by atoms with Crippen molar-refractivity contribution in [2.75, 3.05) is 43.7 Å². The summed E-state index contributed by atoms with van der Waals surface area (Å²) >= 11 is 0. The van der Waals surface area contributed by atoms with E-state index in [-0.39, 0.29) is 6.01 Å². The number of imidazole rings is 1. The fourth-order valence-corrected chi connectivity index (χ4v) is 3.89. The van der Waals surface area contributed by atoms with Crippen LogP contribution in [-0.2, 0) is 6.54 Å². The molecule has 8 heteroatoms. The Morgan fingerprint density at radius 2 is 1.89 bits per heavy atom. The van der Waals surface area contributed by atoms with Gasteiger partial charge in [-0.2, -0.15) is 4.98 Å². The van der Waals surface area contributed by atoms with E-state index < -0.39 is 0 Å². The molecule has 0 atom stereocenters. The number of rotatable bonds is 6. The first-order chi connectivity index (χ1) is 13.7. The Kier molecular flexibility index (Phi) is 4.93.